The van der Waals surface area contributed by atoms with Crippen LogP contribution in [0.3, 0.4) is 0 Å². The van der Waals surface area contributed by atoms with E-state index in [2.05, 4.69) is 79.3 Å². The lowest BCUT2D eigenvalue weighted by Crippen LogP contribution is -2.46. The molecule has 6 aromatic rings. The average Bonchev–Trinajstić information content (AvgIpc) is 3.57. The molecule has 0 bridgehead atoms. The molecule has 0 aliphatic carbocycles. The molecule has 1 saturated heterocycles. The van der Waals surface area contributed by atoms with Crippen LogP contribution in [0.4, 0.5) is 16.3 Å². The second kappa shape index (κ2) is 12.3. The number of nitrogens with zero attached hydrogens (tertiary/aromatic N) is 5. The molecular weight excluding hydrogens is 537 g/mol. The summed E-state index contributed by atoms with van der Waals surface area (Å²) in [6, 6.07) is 33.8. The van der Waals surface area contributed by atoms with Gasteiger partial charge in [0.2, 0.25) is 11.9 Å². The van der Waals surface area contributed by atoms with Crippen LogP contribution in [0.5, 0.6) is 0 Å². The molecule has 1 aliphatic heterocycles. The molecule has 0 saturated carbocycles. The molecule has 1 unspecified atom stereocenters. The van der Waals surface area contributed by atoms with Crippen molar-refractivity contribution in [3.63, 3.8) is 0 Å². The second-order valence-electron chi connectivity index (χ2n) is 11.3. The number of para-hydroxylation sites is 4. The Morgan fingerprint density at radius 3 is 2.00 bits per heavy atom. The zero-order valence-electron chi connectivity index (χ0n) is 24.2. The lowest BCUT2D eigenvalue weighted by Gasteiger charge is -2.36. The molecule has 3 heterocycles. The highest BCUT2D eigenvalue weighted by molar-refractivity contribution is 5.79. The van der Waals surface area contributed by atoms with Crippen molar-refractivity contribution in [2.75, 3.05) is 30.3 Å². The van der Waals surface area contributed by atoms with Gasteiger partial charge in [-0.15, -0.1) is 0 Å². The maximum atomic E-state index is 13.6. The van der Waals surface area contributed by atoms with Crippen molar-refractivity contribution >= 4 is 34.0 Å². The molecule has 0 radical (unpaired) electrons. The fourth-order valence-corrected chi connectivity index (χ4v) is 6.14. The number of anilines is 2. The number of hydrogen-bond acceptors (Lipinski definition) is 5. The van der Waals surface area contributed by atoms with Crippen LogP contribution in [0.2, 0.25) is 0 Å². The van der Waals surface area contributed by atoms with E-state index in [9.17, 15) is 4.39 Å². The van der Waals surface area contributed by atoms with Crippen LogP contribution in [0, 0.1) is 5.82 Å². The van der Waals surface area contributed by atoms with Crippen LogP contribution >= 0.6 is 0 Å². The summed E-state index contributed by atoms with van der Waals surface area (Å²) in [7, 11) is 0. The van der Waals surface area contributed by atoms with Crippen LogP contribution in [0.25, 0.3) is 22.1 Å². The van der Waals surface area contributed by atoms with E-state index in [1.807, 2.05) is 36.4 Å². The summed E-state index contributed by atoms with van der Waals surface area (Å²) in [6.07, 6.45) is 3.57. The van der Waals surface area contributed by atoms with Gasteiger partial charge < -0.3 is 19.8 Å². The summed E-state index contributed by atoms with van der Waals surface area (Å²) < 4.78 is 18.1. The standard InChI is InChI=1S/C35H36FN7/c36-28-19-17-27(18-20-28)25-43-32-15-7-5-13-30(32)39-35(43)40-33-16-8-9-22-41(33)23-21-37-34-38-29-12-4-6-14-31(29)42(34)24-26-10-2-1-3-11-26/h1-7,10-15,17-20,33H,8-9,16,21-25H2,(H,37,38)(H,39,40). The molecular formula is C35H36FN7. The summed E-state index contributed by atoms with van der Waals surface area (Å²) in [4.78, 5) is 12.4. The summed E-state index contributed by atoms with van der Waals surface area (Å²) in [5.41, 5.74) is 6.43. The Kier molecular flexibility index (Phi) is 7.75. The number of imidazole rings is 2. The zero-order valence-corrected chi connectivity index (χ0v) is 24.2. The number of nitrogens with one attached hydrogen (secondary N) is 2. The number of fused-ring (bicyclic) bond motifs is 2. The molecule has 1 atom stereocenters. The van der Waals surface area contributed by atoms with Gasteiger partial charge in [0.25, 0.3) is 0 Å². The van der Waals surface area contributed by atoms with Gasteiger partial charge in [0.1, 0.15) is 5.82 Å². The third-order valence-corrected chi connectivity index (χ3v) is 8.34. The van der Waals surface area contributed by atoms with Crippen molar-refractivity contribution in [3.05, 3.63) is 120 Å². The van der Waals surface area contributed by atoms with Gasteiger partial charge in [-0.3, -0.25) is 4.90 Å². The van der Waals surface area contributed by atoms with Gasteiger partial charge in [0, 0.05) is 19.6 Å². The van der Waals surface area contributed by atoms with Gasteiger partial charge in [-0.05, 0) is 66.8 Å². The van der Waals surface area contributed by atoms with Crippen LogP contribution < -0.4 is 10.6 Å². The van der Waals surface area contributed by atoms with E-state index in [-0.39, 0.29) is 12.0 Å². The van der Waals surface area contributed by atoms with Crippen LogP contribution in [-0.2, 0) is 13.1 Å². The monoisotopic (exact) mass is 573 g/mol. The van der Waals surface area contributed by atoms with Crippen LogP contribution in [-0.4, -0.2) is 49.8 Å². The summed E-state index contributed by atoms with van der Waals surface area (Å²) in [6.45, 7) is 4.07. The minimum atomic E-state index is -0.223. The number of halogens is 1. The highest BCUT2D eigenvalue weighted by Crippen LogP contribution is 2.26. The number of hydrogen-bond donors (Lipinski definition) is 2. The highest BCUT2D eigenvalue weighted by atomic mass is 19.1. The molecule has 0 amide bonds. The predicted octanol–water partition coefficient (Wildman–Crippen LogP) is 6.96. The molecule has 1 aliphatic rings. The predicted molar refractivity (Wildman–Crippen MR) is 172 cm³/mol. The first-order chi connectivity index (χ1) is 21.2. The van der Waals surface area contributed by atoms with Crippen molar-refractivity contribution in [3.8, 4) is 0 Å². The van der Waals surface area contributed by atoms with E-state index < -0.39 is 0 Å². The summed E-state index contributed by atoms with van der Waals surface area (Å²) in [5.74, 6) is 1.52. The quantitative estimate of drug-likeness (QED) is 0.186. The van der Waals surface area contributed by atoms with Gasteiger partial charge in [-0.25, -0.2) is 14.4 Å². The average molecular weight is 574 g/mol. The Labute approximate surface area is 251 Å². The molecule has 1 fully saturated rings. The molecule has 7 rings (SSSR count). The maximum Gasteiger partial charge on any atom is 0.205 e. The van der Waals surface area contributed by atoms with Gasteiger partial charge in [0.15, 0.2) is 0 Å². The molecule has 7 nitrogen and oxygen atoms in total. The molecule has 43 heavy (non-hydrogen) atoms. The van der Waals surface area contributed by atoms with Crippen molar-refractivity contribution in [2.24, 2.45) is 0 Å². The van der Waals surface area contributed by atoms with Gasteiger partial charge in [-0.2, -0.15) is 0 Å². The van der Waals surface area contributed by atoms with Crippen molar-refractivity contribution in [1.29, 1.82) is 0 Å². The van der Waals surface area contributed by atoms with E-state index in [1.165, 1.54) is 30.5 Å². The van der Waals surface area contributed by atoms with Crippen molar-refractivity contribution in [1.82, 2.24) is 24.0 Å². The van der Waals surface area contributed by atoms with Crippen LogP contribution in [0.15, 0.2) is 103 Å². The first kappa shape index (κ1) is 27.2. The Morgan fingerprint density at radius 2 is 1.28 bits per heavy atom. The lowest BCUT2D eigenvalue weighted by molar-refractivity contribution is 0.172. The minimum absolute atomic E-state index is 0.169. The van der Waals surface area contributed by atoms with E-state index in [0.717, 1.165) is 72.1 Å². The fraction of sp³-hybridized carbons (Fsp3) is 0.257. The number of benzene rings is 4. The molecule has 2 N–H and O–H groups in total. The fourth-order valence-electron chi connectivity index (χ4n) is 6.14. The lowest BCUT2D eigenvalue weighted by atomic mass is 10.1. The van der Waals surface area contributed by atoms with Crippen molar-refractivity contribution < 1.29 is 4.39 Å². The van der Waals surface area contributed by atoms with Gasteiger partial charge in [0.05, 0.1) is 41.3 Å². The number of likely N-dealkylation sites (tertiary alicyclic amines) is 1. The molecule has 2 aromatic heterocycles. The third-order valence-electron chi connectivity index (χ3n) is 8.34. The van der Waals surface area contributed by atoms with E-state index >= 15 is 0 Å². The van der Waals surface area contributed by atoms with Gasteiger partial charge >= 0.3 is 0 Å². The zero-order chi connectivity index (χ0) is 29.0. The second-order valence-corrected chi connectivity index (χ2v) is 11.3. The Bertz CT molecular complexity index is 1810. The number of rotatable bonds is 10. The molecule has 0 spiro atoms. The Morgan fingerprint density at radius 1 is 0.674 bits per heavy atom. The Balaban J connectivity index is 1.08. The molecule has 8 heteroatoms. The SMILES string of the molecule is Fc1ccc(Cn2c(NC3CCCCN3CCNc3nc4ccccc4n3Cc3ccccc3)nc3ccccc32)cc1. The van der Waals surface area contributed by atoms with Crippen LogP contribution in [0.1, 0.15) is 30.4 Å². The summed E-state index contributed by atoms with van der Waals surface area (Å²) >= 11 is 0. The third kappa shape index (κ3) is 5.96. The first-order valence-electron chi connectivity index (χ1n) is 15.1. The maximum absolute atomic E-state index is 13.6. The van der Waals surface area contributed by atoms with Gasteiger partial charge in [-0.1, -0.05) is 66.7 Å². The van der Waals surface area contributed by atoms with E-state index in [1.54, 1.807) is 0 Å². The highest BCUT2D eigenvalue weighted by Gasteiger charge is 2.24. The smallest absolute Gasteiger partial charge is 0.205 e. The number of piperidine rings is 1. The van der Waals surface area contributed by atoms with Crippen molar-refractivity contribution in [2.45, 2.75) is 38.5 Å². The number of aromatic nitrogens is 4. The van der Waals surface area contributed by atoms with E-state index in [0.29, 0.717) is 6.54 Å². The Hall–Kier alpha value is -4.69. The first-order valence-corrected chi connectivity index (χ1v) is 15.1. The largest absolute Gasteiger partial charge is 0.354 e. The minimum Gasteiger partial charge on any atom is -0.354 e. The molecule has 4 aromatic carbocycles. The molecule has 218 valence electrons. The topological polar surface area (TPSA) is 62.9 Å². The van der Waals surface area contributed by atoms with E-state index in [4.69, 9.17) is 9.97 Å². The summed E-state index contributed by atoms with van der Waals surface area (Å²) in [5, 5.41) is 7.45. The normalized spacial score (nSPS) is 15.7.